The van der Waals surface area contributed by atoms with Crippen molar-refractivity contribution < 1.29 is 23.8 Å². The van der Waals surface area contributed by atoms with Crippen molar-refractivity contribution in [3.05, 3.63) is 99.3 Å². The van der Waals surface area contributed by atoms with Crippen molar-refractivity contribution >= 4 is 46.3 Å². The molecule has 1 atom stereocenters. The van der Waals surface area contributed by atoms with Crippen molar-refractivity contribution in [1.82, 2.24) is 0 Å². The van der Waals surface area contributed by atoms with Gasteiger partial charge in [0.05, 0.1) is 18.2 Å². The van der Waals surface area contributed by atoms with Gasteiger partial charge in [-0.2, -0.15) is 0 Å². The quantitative estimate of drug-likeness (QED) is 0.223. The van der Waals surface area contributed by atoms with Gasteiger partial charge in [0.2, 0.25) is 0 Å². The van der Waals surface area contributed by atoms with E-state index in [0.717, 1.165) is 0 Å². The Hall–Kier alpha value is -3.35. The van der Waals surface area contributed by atoms with Gasteiger partial charge < -0.3 is 9.84 Å². The third-order valence-corrected chi connectivity index (χ3v) is 5.88. The number of anilines is 1. The number of aliphatic hydroxyl groups excluding tert-OH is 1. The van der Waals surface area contributed by atoms with Crippen LogP contribution in [0, 0.1) is 11.7 Å². The van der Waals surface area contributed by atoms with E-state index in [-0.39, 0.29) is 27.1 Å². The number of halogens is 3. The molecule has 1 unspecified atom stereocenters. The Labute approximate surface area is 212 Å². The number of nitrogens with zero attached hydrogens (tertiary/aromatic N) is 1. The highest BCUT2D eigenvalue weighted by Crippen LogP contribution is 2.43. The van der Waals surface area contributed by atoms with Crippen LogP contribution < -0.4 is 9.64 Å². The van der Waals surface area contributed by atoms with Gasteiger partial charge in [-0.05, 0) is 53.9 Å². The highest BCUT2D eigenvalue weighted by Gasteiger charge is 2.47. The number of hydrogen-bond donors (Lipinski definition) is 1. The van der Waals surface area contributed by atoms with Crippen LogP contribution in [-0.2, 0) is 9.59 Å². The van der Waals surface area contributed by atoms with Gasteiger partial charge in [0.1, 0.15) is 17.3 Å². The number of aliphatic hydroxyl groups is 1. The summed E-state index contributed by atoms with van der Waals surface area (Å²) in [4.78, 5) is 27.7. The Bertz CT molecular complexity index is 1300. The minimum absolute atomic E-state index is 0.140. The molecule has 0 radical (unpaired) electrons. The molecule has 1 amide bonds. The fourth-order valence-corrected chi connectivity index (χ4v) is 4.40. The maximum absolute atomic E-state index is 13.7. The van der Waals surface area contributed by atoms with Crippen LogP contribution in [0.4, 0.5) is 10.1 Å². The third kappa shape index (κ3) is 5.19. The van der Waals surface area contributed by atoms with E-state index < -0.39 is 23.5 Å². The summed E-state index contributed by atoms with van der Waals surface area (Å²) in [5.74, 6) is -1.81. The Morgan fingerprint density at radius 2 is 1.69 bits per heavy atom. The zero-order valence-electron chi connectivity index (χ0n) is 19.0. The van der Waals surface area contributed by atoms with E-state index in [0.29, 0.717) is 29.4 Å². The second kappa shape index (κ2) is 10.1. The van der Waals surface area contributed by atoms with Crippen LogP contribution in [0.2, 0.25) is 10.0 Å². The molecule has 1 aliphatic heterocycles. The molecule has 1 saturated heterocycles. The molecule has 0 saturated carbocycles. The average Bonchev–Trinajstić information content (AvgIpc) is 3.08. The number of carbonyl (C=O) groups excluding carboxylic acids is 2. The average molecular weight is 514 g/mol. The van der Waals surface area contributed by atoms with E-state index in [1.807, 2.05) is 13.8 Å². The van der Waals surface area contributed by atoms with Crippen LogP contribution in [0.5, 0.6) is 5.75 Å². The molecule has 1 heterocycles. The summed E-state index contributed by atoms with van der Waals surface area (Å²) in [6, 6.07) is 15.5. The number of carbonyl (C=O) groups is 2. The fraction of sp³-hybridized carbons (Fsp3) is 0.185. The van der Waals surface area contributed by atoms with Crippen molar-refractivity contribution in [2.75, 3.05) is 11.5 Å². The summed E-state index contributed by atoms with van der Waals surface area (Å²) < 4.78 is 19.4. The fourth-order valence-electron chi connectivity index (χ4n) is 3.89. The number of Topliss-reactive ketones (excluding diaryl/α,β-unsaturated/α-hetero) is 1. The summed E-state index contributed by atoms with van der Waals surface area (Å²) in [6.45, 7) is 4.49. The van der Waals surface area contributed by atoms with E-state index in [1.165, 1.54) is 47.4 Å². The standard InChI is InChI=1S/C27H22Cl2FNO4/c1-15(2)14-35-22-5-3-4-17(10-22)25(32)23-24(16-6-8-20(30)9-7-16)31(27(34)26(23)33)21-12-18(28)11-19(29)13-21/h3-13,15,24,32H,14H2,1-2H3/b25-23+. The van der Waals surface area contributed by atoms with E-state index in [1.54, 1.807) is 24.3 Å². The molecular formula is C27H22Cl2FNO4. The van der Waals surface area contributed by atoms with Gasteiger partial charge in [0.15, 0.2) is 0 Å². The second-order valence-electron chi connectivity index (χ2n) is 8.58. The van der Waals surface area contributed by atoms with Gasteiger partial charge in [-0.15, -0.1) is 0 Å². The van der Waals surface area contributed by atoms with E-state index in [4.69, 9.17) is 27.9 Å². The lowest BCUT2D eigenvalue weighted by molar-refractivity contribution is -0.132. The first kappa shape index (κ1) is 24.8. The lowest BCUT2D eigenvalue weighted by Crippen LogP contribution is -2.29. The van der Waals surface area contributed by atoms with Crippen molar-refractivity contribution in [3.8, 4) is 5.75 Å². The van der Waals surface area contributed by atoms with E-state index in [2.05, 4.69) is 0 Å². The molecule has 0 aromatic heterocycles. The van der Waals surface area contributed by atoms with Crippen LogP contribution >= 0.6 is 23.2 Å². The van der Waals surface area contributed by atoms with Crippen molar-refractivity contribution in [2.45, 2.75) is 19.9 Å². The molecule has 3 aromatic carbocycles. The second-order valence-corrected chi connectivity index (χ2v) is 9.45. The lowest BCUT2D eigenvalue weighted by Gasteiger charge is -2.26. The predicted octanol–water partition coefficient (Wildman–Crippen LogP) is 6.79. The first-order valence-corrected chi connectivity index (χ1v) is 11.7. The molecule has 0 bridgehead atoms. The molecule has 35 heavy (non-hydrogen) atoms. The van der Waals surface area contributed by atoms with Gasteiger partial charge in [-0.1, -0.05) is 61.3 Å². The summed E-state index contributed by atoms with van der Waals surface area (Å²) in [5, 5.41) is 11.8. The van der Waals surface area contributed by atoms with Crippen molar-refractivity contribution in [2.24, 2.45) is 5.92 Å². The van der Waals surface area contributed by atoms with Gasteiger partial charge in [-0.25, -0.2) is 4.39 Å². The van der Waals surface area contributed by atoms with Crippen LogP contribution in [0.1, 0.15) is 31.0 Å². The first-order valence-electron chi connectivity index (χ1n) is 10.9. The molecular weight excluding hydrogens is 492 g/mol. The highest BCUT2D eigenvalue weighted by atomic mass is 35.5. The van der Waals surface area contributed by atoms with Crippen molar-refractivity contribution in [1.29, 1.82) is 0 Å². The van der Waals surface area contributed by atoms with Crippen LogP contribution in [0.25, 0.3) is 5.76 Å². The molecule has 5 nitrogen and oxygen atoms in total. The van der Waals surface area contributed by atoms with Crippen LogP contribution in [0.15, 0.2) is 72.3 Å². The first-order chi connectivity index (χ1) is 16.7. The van der Waals surface area contributed by atoms with Gasteiger partial charge in [0, 0.05) is 21.3 Å². The molecule has 3 aromatic rings. The molecule has 1 fully saturated rings. The number of rotatable bonds is 6. The number of ether oxygens (including phenoxy) is 1. The molecule has 1 aliphatic rings. The molecule has 180 valence electrons. The minimum Gasteiger partial charge on any atom is -0.507 e. The zero-order chi connectivity index (χ0) is 25.3. The smallest absolute Gasteiger partial charge is 0.300 e. The Morgan fingerprint density at radius 1 is 1.03 bits per heavy atom. The molecule has 8 heteroatoms. The Balaban J connectivity index is 1.88. The molecule has 1 N–H and O–H groups in total. The number of benzene rings is 3. The third-order valence-electron chi connectivity index (χ3n) is 5.45. The minimum atomic E-state index is -1.04. The normalized spacial score (nSPS) is 17.3. The van der Waals surface area contributed by atoms with Gasteiger partial charge >= 0.3 is 0 Å². The summed E-state index contributed by atoms with van der Waals surface area (Å²) in [7, 11) is 0. The van der Waals surface area contributed by atoms with E-state index in [9.17, 15) is 19.1 Å². The molecule has 0 spiro atoms. The van der Waals surface area contributed by atoms with Crippen LogP contribution in [0.3, 0.4) is 0 Å². The summed E-state index contributed by atoms with van der Waals surface area (Å²) >= 11 is 12.3. The summed E-state index contributed by atoms with van der Waals surface area (Å²) in [6.07, 6.45) is 0. The maximum Gasteiger partial charge on any atom is 0.300 e. The largest absolute Gasteiger partial charge is 0.507 e. The highest BCUT2D eigenvalue weighted by molar-refractivity contribution is 6.52. The lowest BCUT2D eigenvalue weighted by atomic mass is 9.95. The SMILES string of the molecule is CC(C)COc1cccc(/C(O)=C2\C(=O)C(=O)N(c3cc(Cl)cc(Cl)c3)C2c2ccc(F)cc2)c1. The van der Waals surface area contributed by atoms with Crippen LogP contribution in [-0.4, -0.2) is 23.4 Å². The monoisotopic (exact) mass is 513 g/mol. The number of amides is 1. The summed E-state index contributed by atoms with van der Waals surface area (Å²) in [5.41, 5.74) is 0.863. The van der Waals surface area contributed by atoms with Gasteiger partial charge in [-0.3, -0.25) is 14.5 Å². The molecule has 0 aliphatic carbocycles. The number of ketones is 1. The van der Waals surface area contributed by atoms with E-state index >= 15 is 0 Å². The van der Waals surface area contributed by atoms with Gasteiger partial charge in [0.25, 0.3) is 11.7 Å². The zero-order valence-corrected chi connectivity index (χ0v) is 20.5. The number of hydrogen-bond acceptors (Lipinski definition) is 4. The topological polar surface area (TPSA) is 66.8 Å². The van der Waals surface area contributed by atoms with Crippen molar-refractivity contribution in [3.63, 3.8) is 0 Å². The Morgan fingerprint density at radius 3 is 2.31 bits per heavy atom. The Kier molecular flexibility index (Phi) is 7.15. The predicted molar refractivity (Wildman–Crippen MR) is 134 cm³/mol. The molecule has 4 rings (SSSR count). The maximum atomic E-state index is 13.7.